The monoisotopic (exact) mass is 438 g/mol. The van der Waals surface area contributed by atoms with E-state index in [1.54, 1.807) is 4.90 Å². The summed E-state index contributed by atoms with van der Waals surface area (Å²) in [5, 5.41) is 3.00. The van der Waals surface area contributed by atoms with Crippen LogP contribution in [0.5, 0.6) is 11.5 Å². The third-order valence-electron chi connectivity index (χ3n) is 5.50. The minimum absolute atomic E-state index is 0.0321. The van der Waals surface area contributed by atoms with Gasteiger partial charge in [-0.1, -0.05) is 57.2 Å². The van der Waals surface area contributed by atoms with Crippen LogP contribution in [0.2, 0.25) is 0 Å². The molecular formula is C26H34N2O4. The van der Waals surface area contributed by atoms with Crippen molar-refractivity contribution in [1.29, 1.82) is 0 Å². The number of carbonyl (C=O) groups is 2. The molecule has 3 rings (SSSR count). The Balaban J connectivity index is 1.72. The van der Waals surface area contributed by atoms with E-state index in [0.29, 0.717) is 51.5 Å². The molecule has 1 aliphatic rings. The van der Waals surface area contributed by atoms with Crippen LogP contribution in [0.25, 0.3) is 0 Å². The van der Waals surface area contributed by atoms with Gasteiger partial charge in [0.25, 0.3) is 0 Å². The predicted octanol–water partition coefficient (Wildman–Crippen LogP) is 3.97. The Bertz CT molecular complexity index is 898. The molecule has 0 saturated heterocycles. The van der Waals surface area contributed by atoms with Crippen molar-refractivity contribution in [2.45, 2.75) is 52.6 Å². The standard InChI is InChI=1S/C26H34N2O4/c1-4-22(26(30)27-17-19(2)3)28(18-21-8-6-5-7-9-21)25(29)13-11-20-10-12-23-24(16-20)32-15-14-31-23/h5-10,12,16,19,22H,4,11,13-15,17-18H2,1-3H3,(H,27,30)/t22-/m0/s1. The van der Waals surface area contributed by atoms with Gasteiger partial charge in [-0.15, -0.1) is 0 Å². The topological polar surface area (TPSA) is 67.9 Å². The predicted molar refractivity (Wildman–Crippen MR) is 125 cm³/mol. The van der Waals surface area contributed by atoms with E-state index in [0.717, 1.165) is 22.6 Å². The number of hydrogen-bond acceptors (Lipinski definition) is 4. The lowest BCUT2D eigenvalue weighted by molar-refractivity contribution is -0.141. The number of nitrogens with one attached hydrogen (secondary N) is 1. The first-order chi connectivity index (χ1) is 15.5. The number of hydrogen-bond donors (Lipinski definition) is 1. The van der Waals surface area contributed by atoms with Gasteiger partial charge in [0.1, 0.15) is 19.3 Å². The highest BCUT2D eigenvalue weighted by Crippen LogP contribution is 2.31. The smallest absolute Gasteiger partial charge is 0.242 e. The van der Waals surface area contributed by atoms with Crippen molar-refractivity contribution in [3.63, 3.8) is 0 Å². The number of rotatable bonds is 10. The molecule has 6 nitrogen and oxygen atoms in total. The fraction of sp³-hybridized carbons (Fsp3) is 0.462. The average Bonchev–Trinajstić information content (AvgIpc) is 2.81. The van der Waals surface area contributed by atoms with Crippen LogP contribution in [0.4, 0.5) is 0 Å². The molecule has 0 unspecified atom stereocenters. The zero-order chi connectivity index (χ0) is 22.9. The lowest BCUT2D eigenvalue weighted by atomic mass is 10.1. The molecule has 0 aromatic heterocycles. The minimum Gasteiger partial charge on any atom is -0.486 e. The zero-order valence-electron chi connectivity index (χ0n) is 19.3. The molecule has 172 valence electrons. The van der Waals surface area contributed by atoms with Gasteiger partial charge in [-0.05, 0) is 42.0 Å². The van der Waals surface area contributed by atoms with Crippen molar-refractivity contribution in [2.24, 2.45) is 5.92 Å². The molecule has 2 amide bonds. The van der Waals surface area contributed by atoms with Gasteiger partial charge >= 0.3 is 0 Å². The fourth-order valence-corrected chi connectivity index (χ4v) is 3.76. The number of aryl methyl sites for hydroxylation is 1. The van der Waals surface area contributed by atoms with Gasteiger partial charge in [-0.2, -0.15) is 0 Å². The number of carbonyl (C=O) groups excluding carboxylic acids is 2. The molecule has 0 radical (unpaired) electrons. The summed E-state index contributed by atoms with van der Waals surface area (Å²) in [4.78, 5) is 28.0. The van der Waals surface area contributed by atoms with Gasteiger partial charge in [0.15, 0.2) is 11.5 Å². The zero-order valence-corrected chi connectivity index (χ0v) is 19.3. The van der Waals surface area contributed by atoms with Crippen LogP contribution in [0.1, 0.15) is 44.7 Å². The second kappa shape index (κ2) is 11.6. The molecule has 0 bridgehead atoms. The molecule has 0 spiro atoms. The van der Waals surface area contributed by atoms with Crippen LogP contribution in [-0.2, 0) is 22.6 Å². The van der Waals surface area contributed by atoms with Gasteiger partial charge in [0.2, 0.25) is 11.8 Å². The molecule has 1 heterocycles. The number of fused-ring (bicyclic) bond motifs is 1. The molecule has 0 aliphatic carbocycles. The first-order valence-electron chi connectivity index (χ1n) is 11.5. The number of ether oxygens (including phenoxy) is 2. The van der Waals surface area contributed by atoms with Crippen molar-refractivity contribution in [3.8, 4) is 11.5 Å². The molecule has 32 heavy (non-hydrogen) atoms. The van der Waals surface area contributed by atoms with Crippen molar-refractivity contribution in [3.05, 3.63) is 59.7 Å². The normalized spacial score (nSPS) is 13.5. The Morgan fingerprint density at radius 2 is 1.72 bits per heavy atom. The Labute approximate surface area is 190 Å². The van der Waals surface area contributed by atoms with Gasteiger partial charge in [-0.3, -0.25) is 9.59 Å². The molecule has 2 aromatic rings. The summed E-state index contributed by atoms with van der Waals surface area (Å²) in [6, 6.07) is 15.1. The van der Waals surface area contributed by atoms with E-state index in [4.69, 9.17) is 9.47 Å². The number of benzene rings is 2. The summed E-state index contributed by atoms with van der Waals surface area (Å²) < 4.78 is 11.2. The van der Waals surface area contributed by atoms with E-state index in [9.17, 15) is 9.59 Å². The van der Waals surface area contributed by atoms with E-state index in [1.165, 1.54) is 0 Å². The quantitative estimate of drug-likeness (QED) is 0.610. The second-order valence-electron chi connectivity index (χ2n) is 8.55. The summed E-state index contributed by atoms with van der Waals surface area (Å²) in [6.07, 6.45) is 1.46. The van der Waals surface area contributed by atoms with Crippen LogP contribution in [0.15, 0.2) is 48.5 Å². The van der Waals surface area contributed by atoms with Crippen molar-refractivity contribution >= 4 is 11.8 Å². The van der Waals surface area contributed by atoms with Gasteiger partial charge in [0, 0.05) is 19.5 Å². The van der Waals surface area contributed by atoms with Gasteiger partial charge in [0.05, 0.1) is 0 Å². The van der Waals surface area contributed by atoms with E-state index in [2.05, 4.69) is 19.2 Å². The maximum absolute atomic E-state index is 13.3. The summed E-state index contributed by atoms with van der Waals surface area (Å²) in [5.74, 6) is 1.69. The van der Waals surface area contributed by atoms with Crippen molar-refractivity contribution < 1.29 is 19.1 Å². The minimum atomic E-state index is -0.498. The van der Waals surface area contributed by atoms with Gasteiger partial charge < -0.3 is 19.7 Å². The third kappa shape index (κ3) is 6.49. The molecule has 6 heteroatoms. The summed E-state index contributed by atoms with van der Waals surface area (Å²) in [7, 11) is 0. The highest BCUT2D eigenvalue weighted by molar-refractivity contribution is 5.87. The summed E-state index contributed by atoms with van der Waals surface area (Å²) in [5.41, 5.74) is 2.02. The Morgan fingerprint density at radius 3 is 2.41 bits per heavy atom. The van der Waals surface area contributed by atoms with Crippen LogP contribution >= 0.6 is 0 Å². The number of nitrogens with zero attached hydrogens (tertiary/aromatic N) is 1. The van der Waals surface area contributed by atoms with Crippen LogP contribution in [0.3, 0.4) is 0 Å². The van der Waals surface area contributed by atoms with Crippen LogP contribution < -0.4 is 14.8 Å². The van der Waals surface area contributed by atoms with E-state index < -0.39 is 6.04 Å². The lowest BCUT2D eigenvalue weighted by Gasteiger charge is -2.31. The summed E-state index contributed by atoms with van der Waals surface area (Å²) in [6.45, 7) is 8.16. The molecule has 1 aliphatic heterocycles. The van der Waals surface area contributed by atoms with Crippen molar-refractivity contribution in [1.82, 2.24) is 10.2 Å². The van der Waals surface area contributed by atoms with E-state index in [-0.39, 0.29) is 11.8 Å². The SMILES string of the molecule is CC[C@@H](C(=O)NCC(C)C)N(Cc1ccccc1)C(=O)CCc1ccc2c(c1)OCCO2. The molecule has 1 atom stereocenters. The molecule has 2 aromatic carbocycles. The first kappa shape index (κ1) is 23.6. The Morgan fingerprint density at radius 1 is 1.00 bits per heavy atom. The highest BCUT2D eigenvalue weighted by atomic mass is 16.6. The summed E-state index contributed by atoms with van der Waals surface area (Å²) >= 11 is 0. The van der Waals surface area contributed by atoms with Gasteiger partial charge in [-0.25, -0.2) is 0 Å². The van der Waals surface area contributed by atoms with Crippen LogP contribution in [-0.4, -0.2) is 42.5 Å². The Hall–Kier alpha value is -3.02. The lowest BCUT2D eigenvalue weighted by Crippen LogP contribution is -2.49. The van der Waals surface area contributed by atoms with E-state index >= 15 is 0 Å². The molecule has 0 saturated carbocycles. The molecule has 0 fully saturated rings. The first-order valence-corrected chi connectivity index (χ1v) is 11.5. The second-order valence-corrected chi connectivity index (χ2v) is 8.55. The number of amides is 2. The molecule has 1 N–H and O–H groups in total. The average molecular weight is 439 g/mol. The maximum Gasteiger partial charge on any atom is 0.242 e. The Kier molecular flexibility index (Phi) is 8.54. The largest absolute Gasteiger partial charge is 0.486 e. The maximum atomic E-state index is 13.3. The fourth-order valence-electron chi connectivity index (χ4n) is 3.76. The third-order valence-corrected chi connectivity index (χ3v) is 5.50. The highest BCUT2D eigenvalue weighted by Gasteiger charge is 2.28. The van der Waals surface area contributed by atoms with Crippen molar-refractivity contribution in [2.75, 3.05) is 19.8 Å². The van der Waals surface area contributed by atoms with Crippen LogP contribution in [0, 0.1) is 5.92 Å². The molecular weight excluding hydrogens is 404 g/mol. The van der Waals surface area contributed by atoms with E-state index in [1.807, 2.05) is 55.5 Å².